The average molecular weight is 382 g/mol. The van der Waals surface area contributed by atoms with Crippen LogP contribution >= 0.6 is 11.8 Å². The molecule has 2 saturated carbocycles. The fourth-order valence-electron chi connectivity index (χ4n) is 3.84. The highest BCUT2D eigenvalue weighted by Gasteiger charge is 2.57. The first-order valence-corrected chi connectivity index (χ1v) is 11.8. The Morgan fingerprint density at radius 2 is 1.76 bits per heavy atom. The Hall–Kier alpha value is -1.01. The molecule has 0 bridgehead atoms. The van der Waals surface area contributed by atoms with Crippen molar-refractivity contribution in [1.29, 1.82) is 0 Å². The monoisotopic (exact) mass is 381 g/mol. The molecule has 1 aromatic rings. The van der Waals surface area contributed by atoms with E-state index in [9.17, 15) is 13.2 Å². The summed E-state index contributed by atoms with van der Waals surface area (Å²) >= 11 is 1.67. The fourth-order valence-corrected chi connectivity index (χ4v) is 7.41. The van der Waals surface area contributed by atoms with Crippen LogP contribution in [-0.4, -0.2) is 36.6 Å². The Morgan fingerprint density at radius 3 is 2.36 bits per heavy atom. The third-order valence-corrected chi connectivity index (χ3v) is 9.56. The van der Waals surface area contributed by atoms with Crippen molar-refractivity contribution in [3.8, 4) is 0 Å². The summed E-state index contributed by atoms with van der Waals surface area (Å²) in [6, 6.07) is 10.0. The molecule has 0 spiro atoms. The quantitative estimate of drug-likeness (QED) is 0.579. The topological polar surface area (TPSA) is 63.2 Å². The van der Waals surface area contributed by atoms with E-state index < -0.39 is 14.6 Å². The number of hydrogen-bond acceptors (Lipinski definition) is 4. The normalized spacial score (nSPS) is 20.6. The number of carbonyl (C=O) groups is 1. The highest BCUT2D eigenvalue weighted by Crippen LogP contribution is 2.44. The first-order valence-electron chi connectivity index (χ1n) is 9.26. The third kappa shape index (κ3) is 3.90. The molecule has 138 valence electrons. The van der Waals surface area contributed by atoms with E-state index in [1.165, 1.54) is 0 Å². The van der Waals surface area contributed by atoms with E-state index in [1.807, 2.05) is 30.3 Å². The van der Waals surface area contributed by atoms with Crippen LogP contribution in [0.1, 0.15) is 51.4 Å². The summed E-state index contributed by atoms with van der Waals surface area (Å²) in [5.74, 6) is 0.480. The van der Waals surface area contributed by atoms with Crippen molar-refractivity contribution < 1.29 is 13.2 Å². The number of rotatable bonds is 7. The number of hydrogen-bond donors (Lipinski definition) is 1. The number of amides is 1. The molecule has 2 fully saturated rings. The largest absolute Gasteiger partial charge is 0.354 e. The minimum absolute atomic E-state index is 0.266. The second-order valence-electron chi connectivity index (χ2n) is 7.07. The molecule has 1 amide bonds. The van der Waals surface area contributed by atoms with Gasteiger partial charge in [-0.2, -0.15) is 0 Å². The first kappa shape index (κ1) is 18.8. The molecule has 0 atom stereocenters. The van der Waals surface area contributed by atoms with Gasteiger partial charge in [-0.15, -0.1) is 11.8 Å². The van der Waals surface area contributed by atoms with Crippen molar-refractivity contribution in [3.05, 3.63) is 30.3 Å². The number of nitrogens with one attached hydrogen (secondary N) is 1. The second-order valence-corrected chi connectivity index (χ2v) is 10.8. The molecule has 0 aliphatic heterocycles. The lowest BCUT2D eigenvalue weighted by Gasteiger charge is -2.42. The third-order valence-electron chi connectivity index (χ3n) is 5.51. The van der Waals surface area contributed by atoms with Gasteiger partial charge in [-0.25, -0.2) is 8.42 Å². The minimum Gasteiger partial charge on any atom is -0.354 e. The van der Waals surface area contributed by atoms with Crippen LogP contribution in [0.4, 0.5) is 0 Å². The summed E-state index contributed by atoms with van der Waals surface area (Å²) in [7, 11) is -3.39. The Balaban J connectivity index is 1.57. The summed E-state index contributed by atoms with van der Waals surface area (Å²) in [4.78, 5) is 13.9. The molecule has 0 radical (unpaired) electrons. The number of carbonyl (C=O) groups excluding carboxylic acids is 1. The molecule has 0 unspecified atom stereocenters. The van der Waals surface area contributed by atoms with Crippen LogP contribution in [0.2, 0.25) is 0 Å². The molecule has 1 N–H and O–H groups in total. The van der Waals surface area contributed by atoms with Gasteiger partial charge in [0.15, 0.2) is 14.6 Å². The average Bonchev–Trinajstić information content (AvgIpc) is 2.59. The molecular formula is C19H27NO3S2. The summed E-state index contributed by atoms with van der Waals surface area (Å²) in [5.41, 5.74) is 0. The van der Waals surface area contributed by atoms with Crippen LogP contribution in [0.25, 0.3) is 0 Å². The Labute approximate surface area is 155 Å². The lowest BCUT2D eigenvalue weighted by Crippen LogP contribution is -2.60. The number of thioether (sulfide) groups is 1. The van der Waals surface area contributed by atoms with Crippen molar-refractivity contribution in [2.24, 2.45) is 0 Å². The van der Waals surface area contributed by atoms with Gasteiger partial charge in [-0.05, 0) is 44.2 Å². The summed E-state index contributed by atoms with van der Waals surface area (Å²) in [6.45, 7) is 0.500. The van der Waals surface area contributed by atoms with Gasteiger partial charge < -0.3 is 5.32 Å². The molecule has 3 rings (SSSR count). The SMILES string of the molecule is O=C(NCCSc1ccccc1)C1(S(=O)(=O)C2CCCCC2)CCC1. The predicted molar refractivity (Wildman–Crippen MR) is 103 cm³/mol. The molecule has 2 aliphatic rings. The van der Waals surface area contributed by atoms with Crippen molar-refractivity contribution in [2.75, 3.05) is 12.3 Å². The van der Waals surface area contributed by atoms with Crippen molar-refractivity contribution in [2.45, 2.75) is 66.3 Å². The van der Waals surface area contributed by atoms with E-state index in [-0.39, 0.29) is 11.2 Å². The second kappa shape index (κ2) is 8.12. The lowest BCUT2D eigenvalue weighted by atomic mass is 9.83. The molecule has 2 aliphatic carbocycles. The molecule has 6 heteroatoms. The maximum atomic E-state index is 13.1. The van der Waals surface area contributed by atoms with Gasteiger partial charge in [0, 0.05) is 17.2 Å². The minimum atomic E-state index is -3.39. The molecule has 0 saturated heterocycles. The van der Waals surface area contributed by atoms with Crippen molar-refractivity contribution in [1.82, 2.24) is 5.32 Å². The zero-order valence-corrected chi connectivity index (χ0v) is 16.2. The van der Waals surface area contributed by atoms with Crippen LogP contribution in [0.5, 0.6) is 0 Å². The van der Waals surface area contributed by atoms with Crippen LogP contribution in [0.15, 0.2) is 35.2 Å². The Bertz CT molecular complexity index is 678. The van der Waals surface area contributed by atoms with E-state index in [1.54, 1.807) is 11.8 Å². The smallest absolute Gasteiger partial charge is 0.241 e. The standard InChI is InChI=1S/C19H27NO3S2/c21-18(20-14-15-24-16-8-3-1-4-9-16)19(12-7-13-19)25(22,23)17-10-5-2-6-11-17/h1,3-4,8-9,17H,2,5-7,10-15H2,(H,20,21). The van der Waals surface area contributed by atoms with Crippen LogP contribution in [0.3, 0.4) is 0 Å². The van der Waals surface area contributed by atoms with E-state index >= 15 is 0 Å². The van der Waals surface area contributed by atoms with Crippen LogP contribution < -0.4 is 5.32 Å². The Kier molecular flexibility index (Phi) is 6.10. The summed E-state index contributed by atoms with van der Waals surface area (Å²) in [6.07, 6.45) is 6.31. The van der Waals surface area contributed by atoms with Crippen LogP contribution in [0, 0.1) is 0 Å². The number of benzene rings is 1. The number of sulfone groups is 1. The van der Waals surface area contributed by atoms with E-state index in [0.29, 0.717) is 19.4 Å². The van der Waals surface area contributed by atoms with Gasteiger partial charge in [0.1, 0.15) is 0 Å². The highest BCUT2D eigenvalue weighted by molar-refractivity contribution is 7.99. The maximum absolute atomic E-state index is 13.1. The lowest BCUT2D eigenvalue weighted by molar-refractivity contribution is -0.125. The van der Waals surface area contributed by atoms with Crippen LogP contribution in [-0.2, 0) is 14.6 Å². The summed E-state index contributed by atoms with van der Waals surface area (Å²) in [5, 5.41) is 2.59. The van der Waals surface area contributed by atoms with Gasteiger partial charge in [0.05, 0.1) is 5.25 Å². The van der Waals surface area contributed by atoms with Gasteiger partial charge in [0.25, 0.3) is 0 Å². The summed E-state index contributed by atoms with van der Waals surface area (Å²) < 4.78 is 25.1. The van der Waals surface area contributed by atoms with Gasteiger partial charge in [-0.1, -0.05) is 37.5 Å². The maximum Gasteiger partial charge on any atom is 0.241 e. The van der Waals surface area contributed by atoms with Crippen molar-refractivity contribution in [3.63, 3.8) is 0 Å². The van der Waals surface area contributed by atoms with Gasteiger partial charge in [0.2, 0.25) is 5.91 Å². The van der Waals surface area contributed by atoms with Gasteiger partial charge >= 0.3 is 0 Å². The first-order chi connectivity index (χ1) is 12.1. The van der Waals surface area contributed by atoms with E-state index in [4.69, 9.17) is 0 Å². The molecule has 4 nitrogen and oxygen atoms in total. The van der Waals surface area contributed by atoms with Crippen molar-refractivity contribution >= 4 is 27.5 Å². The molecule has 1 aromatic carbocycles. The molecule has 0 heterocycles. The Morgan fingerprint density at radius 1 is 1.08 bits per heavy atom. The molecule has 0 aromatic heterocycles. The van der Waals surface area contributed by atoms with E-state index in [0.717, 1.165) is 49.2 Å². The zero-order chi connectivity index (χ0) is 17.8. The molecular weight excluding hydrogens is 354 g/mol. The zero-order valence-electron chi connectivity index (χ0n) is 14.6. The highest BCUT2D eigenvalue weighted by atomic mass is 32.2. The van der Waals surface area contributed by atoms with Gasteiger partial charge in [-0.3, -0.25) is 4.79 Å². The predicted octanol–water partition coefficient (Wildman–Crippen LogP) is 3.57. The molecule has 25 heavy (non-hydrogen) atoms. The van der Waals surface area contributed by atoms with E-state index in [2.05, 4.69) is 5.32 Å². The fraction of sp³-hybridized carbons (Fsp3) is 0.632.